The molecule has 0 aliphatic heterocycles. The second-order valence-corrected chi connectivity index (χ2v) is 23.2. The van der Waals surface area contributed by atoms with Crippen LogP contribution < -0.4 is 34.7 Å². The molecule has 1 unspecified atom stereocenters. The van der Waals surface area contributed by atoms with Gasteiger partial charge in [0.1, 0.15) is 28.8 Å². The number of benzene rings is 3. The summed E-state index contributed by atoms with van der Waals surface area (Å²) in [6, 6.07) is 19.6. The summed E-state index contributed by atoms with van der Waals surface area (Å²) >= 11 is 7.47. The molecule has 0 amide bonds. The Morgan fingerprint density at radius 1 is 0.655 bits per heavy atom. The van der Waals surface area contributed by atoms with Crippen LogP contribution in [0.15, 0.2) is 140 Å². The number of para-hydroxylation sites is 1. The number of thiocarbonyl (C=S) groups is 1. The molecule has 0 bridgehead atoms. The van der Waals surface area contributed by atoms with Crippen molar-refractivity contribution in [3.05, 3.63) is 146 Å². The lowest BCUT2D eigenvalue weighted by Crippen LogP contribution is -2.48. The van der Waals surface area contributed by atoms with E-state index in [0.29, 0.717) is 117 Å². The van der Waals surface area contributed by atoms with Crippen LogP contribution in [-0.2, 0) is 54.3 Å². The van der Waals surface area contributed by atoms with Crippen LogP contribution in [0.25, 0.3) is 10.2 Å². The zero-order valence-electron chi connectivity index (χ0n) is 49.2. The second-order valence-electron chi connectivity index (χ2n) is 21.8. The van der Waals surface area contributed by atoms with Crippen LogP contribution in [0.1, 0.15) is 128 Å². The Labute approximate surface area is 518 Å². The molecule has 20 heteroatoms. The summed E-state index contributed by atoms with van der Waals surface area (Å²) in [6.07, 6.45) is 26.5. The van der Waals surface area contributed by atoms with E-state index in [0.717, 1.165) is 92.3 Å². The number of nitrogens with zero attached hydrogens (tertiary/aromatic N) is 2. The molecule has 8 rings (SSSR count). The number of esters is 6. The summed E-state index contributed by atoms with van der Waals surface area (Å²) in [5, 5.41) is 6.01. The van der Waals surface area contributed by atoms with Crippen molar-refractivity contribution >= 4 is 79.8 Å². The van der Waals surface area contributed by atoms with Crippen molar-refractivity contribution in [3.63, 3.8) is 0 Å². The number of carbonyl (C=O) groups excluding carboxylic acids is 6. The fraction of sp³-hybridized carbons (Fsp3) is 0.433. The largest absolute Gasteiger partial charge is 0.494 e. The Morgan fingerprint density at radius 2 is 1.22 bits per heavy atom. The van der Waals surface area contributed by atoms with Crippen LogP contribution in [0.4, 0.5) is 5.13 Å². The third-order valence-electron chi connectivity index (χ3n) is 15.4. The summed E-state index contributed by atoms with van der Waals surface area (Å²) in [4.78, 5) is 81.9. The van der Waals surface area contributed by atoms with Crippen molar-refractivity contribution in [1.82, 2.24) is 15.7 Å². The van der Waals surface area contributed by atoms with Gasteiger partial charge in [0.05, 0.1) is 59.8 Å². The molecule has 18 nitrogen and oxygen atoms in total. The molecule has 0 spiro atoms. The highest BCUT2D eigenvalue weighted by molar-refractivity contribution is 7.80. The number of nitrogens with one attached hydrogen (secondary N) is 2. The van der Waals surface area contributed by atoms with Crippen molar-refractivity contribution in [3.8, 4) is 23.0 Å². The Hall–Kier alpha value is -7.78. The minimum atomic E-state index is -0.482. The fourth-order valence-electron chi connectivity index (χ4n) is 10.4. The SMILES string of the molecule is C=CC(=O)OCCCCCCOc1ccc(OC(=O)C2CCC(C(=O)Oc3ccc(OC(=O)C4CCC(C(=O)OC5=CCC(OCCCCCCOC(=O)C=C)C=C5)CC4)cc3CNN(C(=S)NC3=CC=CCC3)c3nc4ccccc4s3)CC2)cc1. The number of allylic oxidation sites excluding steroid dienone is 5. The number of carbonyl (C=O) groups is 6. The maximum absolute atomic E-state index is 14.1. The van der Waals surface area contributed by atoms with Gasteiger partial charge in [0.25, 0.3) is 0 Å². The molecular formula is C67H78N4O14S2. The number of thiazole rings is 1. The first-order chi connectivity index (χ1) is 42.4. The highest BCUT2D eigenvalue weighted by atomic mass is 32.1. The Kier molecular flexibility index (Phi) is 25.9. The van der Waals surface area contributed by atoms with Gasteiger partial charge in [-0.25, -0.2) is 25.0 Å². The molecule has 4 aliphatic rings. The van der Waals surface area contributed by atoms with Gasteiger partial charge >= 0.3 is 35.8 Å². The lowest BCUT2D eigenvalue weighted by atomic mass is 9.82. The minimum Gasteiger partial charge on any atom is -0.494 e. The fourth-order valence-corrected chi connectivity index (χ4v) is 11.7. The van der Waals surface area contributed by atoms with Crippen LogP contribution in [0, 0.1) is 23.7 Å². The van der Waals surface area contributed by atoms with E-state index in [4.69, 9.17) is 55.1 Å². The quantitative estimate of drug-likeness (QED) is 0.00911. The first-order valence-electron chi connectivity index (χ1n) is 30.3. The van der Waals surface area contributed by atoms with Crippen LogP contribution in [0.5, 0.6) is 23.0 Å². The monoisotopic (exact) mass is 1230 g/mol. The summed E-state index contributed by atoms with van der Waals surface area (Å²) in [7, 11) is 0. The Bertz CT molecular complexity index is 3120. The highest BCUT2D eigenvalue weighted by Crippen LogP contribution is 2.36. The van der Waals surface area contributed by atoms with Gasteiger partial charge in [-0.3, -0.25) is 19.2 Å². The van der Waals surface area contributed by atoms with Crippen LogP contribution in [0.3, 0.4) is 0 Å². The predicted molar refractivity (Wildman–Crippen MR) is 334 cm³/mol. The highest BCUT2D eigenvalue weighted by Gasteiger charge is 2.35. The van der Waals surface area contributed by atoms with Crippen molar-refractivity contribution in [2.24, 2.45) is 23.7 Å². The minimum absolute atomic E-state index is 0.0695. The molecule has 1 heterocycles. The molecule has 4 aliphatic carbocycles. The topological polar surface area (TPSA) is 216 Å². The standard InChI is InChI=1S/C67H78N4O14S2/c1-3-60(72)80-42-16-7-5-14-40-78-52-30-34-54(35-31-52)82-62(74)46-22-24-48(25-23-46)64(76)84-56-38-39-58(50(44-56)45-68-71(66(86)69-51-18-10-9-11-19-51)67-70-57-20-12-13-21-59(57)87-67)85-65(77)49-28-26-47(27-29-49)63(75)83-55-36-32-53(33-37-55)79-41-15-6-8-17-43-81-61(73)4-2/h3-4,9-10,12-13,18,20-21,30,32-39,44,46-49,52,68H,1-2,5-8,11,14-17,19,22-29,31,40-43,45H2,(H,69,86). The van der Waals surface area contributed by atoms with Crippen LogP contribution >= 0.6 is 23.6 Å². The number of aromatic nitrogens is 1. The van der Waals surface area contributed by atoms with Gasteiger partial charge in [-0.1, -0.05) is 61.3 Å². The first kappa shape index (κ1) is 65.2. The molecule has 1 atom stereocenters. The number of unbranched alkanes of at least 4 members (excludes halogenated alkanes) is 6. The normalized spacial score (nSPS) is 18.9. The number of fused-ring (bicyclic) bond motifs is 1. The van der Waals surface area contributed by atoms with E-state index in [1.54, 1.807) is 53.5 Å². The summed E-state index contributed by atoms with van der Waals surface area (Å²) in [5.74, 6) is -2.04. The molecule has 4 aromatic rings. The van der Waals surface area contributed by atoms with E-state index in [9.17, 15) is 28.8 Å². The van der Waals surface area contributed by atoms with E-state index in [1.807, 2.05) is 48.6 Å². The average Bonchev–Trinajstić information content (AvgIpc) is 3.12. The van der Waals surface area contributed by atoms with Crippen LogP contribution in [-0.4, -0.2) is 78.4 Å². The summed E-state index contributed by atoms with van der Waals surface area (Å²) < 4.78 is 46.6. The molecule has 2 fully saturated rings. The number of rotatable bonds is 31. The molecule has 87 heavy (non-hydrogen) atoms. The molecule has 0 saturated heterocycles. The first-order valence-corrected chi connectivity index (χ1v) is 31.5. The zero-order valence-corrected chi connectivity index (χ0v) is 50.8. The van der Waals surface area contributed by atoms with E-state index in [1.165, 1.54) is 11.3 Å². The van der Waals surface area contributed by atoms with Crippen LogP contribution in [0.2, 0.25) is 0 Å². The maximum Gasteiger partial charge on any atom is 0.330 e. The average molecular weight is 1230 g/mol. The molecular weight excluding hydrogens is 1150 g/mol. The van der Waals surface area contributed by atoms with Crippen molar-refractivity contribution in [1.29, 1.82) is 0 Å². The lowest BCUT2D eigenvalue weighted by molar-refractivity contribution is -0.148. The van der Waals surface area contributed by atoms with Gasteiger partial charge in [0.15, 0.2) is 5.11 Å². The van der Waals surface area contributed by atoms with Crippen molar-refractivity contribution in [2.45, 2.75) is 135 Å². The Balaban J connectivity index is 0.838. The van der Waals surface area contributed by atoms with E-state index in [-0.39, 0.29) is 42.0 Å². The van der Waals surface area contributed by atoms with Gasteiger partial charge in [-0.2, -0.15) is 0 Å². The molecule has 0 radical (unpaired) electrons. The smallest absolute Gasteiger partial charge is 0.330 e. The van der Waals surface area contributed by atoms with Crippen molar-refractivity contribution < 1.29 is 66.7 Å². The maximum atomic E-state index is 14.1. The lowest BCUT2D eigenvalue weighted by Gasteiger charge is -2.27. The van der Waals surface area contributed by atoms with E-state index < -0.39 is 41.6 Å². The van der Waals surface area contributed by atoms with E-state index >= 15 is 0 Å². The second kappa shape index (κ2) is 34.5. The van der Waals surface area contributed by atoms with Crippen molar-refractivity contribution in [2.75, 3.05) is 31.4 Å². The molecule has 1 aromatic heterocycles. The van der Waals surface area contributed by atoms with Gasteiger partial charge in [0, 0.05) is 36.6 Å². The van der Waals surface area contributed by atoms with Gasteiger partial charge < -0.3 is 43.2 Å². The number of hydrogen-bond donors (Lipinski definition) is 2. The zero-order chi connectivity index (χ0) is 61.2. The summed E-state index contributed by atoms with van der Waals surface area (Å²) in [5.41, 5.74) is 5.67. The number of hydrazine groups is 1. The molecule has 3 aromatic carbocycles. The Morgan fingerprint density at radius 3 is 1.80 bits per heavy atom. The number of ether oxygens (including phenoxy) is 8. The molecule has 2 N–H and O–H groups in total. The molecule has 2 saturated carbocycles. The van der Waals surface area contributed by atoms with Gasteiger partial charge in [-0.05, 0) is 201 Å². The van der Waals surface area contributed by atoms with E-state index in [2.05, 4.69) is 30.0 Å². The number of hydrogen-bond acceptors (Lipinski definition) is 18. The van der Waals surface area contributed by atoms with Gasteiger partial charge in [0.2, 0.25) is 5.13 Å². The third-order valence-corrected chi connectivity index (χ3v) is 16.7. The third kappa shape index (κ3) is 21.0. The predicted octanol–water partition coefficient (Wildman–Crippen LogP) is 12.7. The number of anilines is 1. The van der Waals surface area contributed by atoms with Gasteiger partial charge in [-0.15, -0.1) is 0 Å². The summed E-state index contributed by atoms with van der Waals surface area (Å²) in [6.45, 7) is 8.73. The molecule has 462 valence electrons.